The second kappa shape index (κ2) is 25.0. The molecule has 6 heterocycles. The van der Waals surface area contributed by atoms with Gasteiger partial charge in [-0.05, 0) is 104 Å². The van der Waals surface area contributed by atoms with Crippen LogP contribution in [0.15, 0.2) is 72.8 Å². The number of epoxide rings is 2. The third-order valence-corrected chi connectivity index (χ3v) is 17.1. The van der Waals surface area contributed by atoms with Gasteiger partial charge in [-0.2, -0.15) is 0 Å². The van der Waals surface area contributed by atoms with Crippen molar-refractivity contribution in [1.82, 2.24) is 0 Å². The van der Waals surface area contributed by atoms with Crippen LogP contribution in [0.25, 0.3) is 11.1 Å². The lowest BCUT2D eigenvalue weighted by molar-refractivity contribution is -0.152. The summed E-state index contributed by atoms with van der Waals surface area (Å²) in [5, 5.41) is 0. The summed E-state index contributed by atoms with van der Waals surface area (Å²) in [7, 11) is 0. The molecule has 0 spiro atoms. The first-order valence-corrected chi connectivity index (χ1v) is 27.5. The fraction of sp³-hybridized carbons (Fsp3) is 0.683. The monoisotopic (exact) mass is 997 g/mol. The minimum Gasteiger partial charge on any atom is -0.465 e. The Bertz CT molecular complexity index is 1970. The predicted molar refractivity (Wildman–Crippen MR) is 274 cm³/mol. The summed E-state index contributed by atoms with van der Waals surface area (Å²) < 4.78 is 61.5. The number of carbonyl (C=O) groups is 1. The molecule has 6 saturated heterocycles. The Morgan fingerprint density at radius 2 is 0.778 bits per heavy atom. The number of benzene rings is 3. The van der Waals surface area contributed by atoms with Gasteiger partial charge in [-0.3, -0.25) is 4.79 Å². The maximum Gasteiger partial charge on any atom is 0.309 e. The highest BCUT2D eigenvalue weighted by atomic mass is 16.6. The maximum absolute atomic E-state index is 12.0. The van der Waals surface area contributed by atoms with Crippen molar-refractivity contribution in [3.05, 3.63) is 95.1 Å². The smallest absolute Gasteiger partial charge is 0.309 e. The van der Waals surface area contributed by atoms with Gasteiger partial charge >= 0.3 is 5.97 Å². The predicted octanol–water partition coefficient (Wildman–Crippen LogP) is 10.5. The molecule has 2 saturated carbocycles. The molecular weight excluding hydrogens is 913 g/mol. The maximum atomic E-state index is 12.0. The number of carbonyl (C=O) groups excluding carboxylic acids is 1. The zero-order chi connectivity index (χ0) is 49.9. The van der Waals surface area contributed by atoms with Crippen molar-refractivity contribution in [2.75, 3.05) is 85.9 Å². The average molecular weight is 997 g/mol. The number of hydrogen-bond acceptors (Lipinski definition) is 12. The molecule has 396 valence electrons. The quantitative estimate of drug-likeness (QED) is 0.0627. The highest BCUT2D eigenvalue weighted by Crippen LogP contribution is 2.42. The topological polar surface area (TPSA) is 125 Å². The van der Waals surface area contributed by atoms with Crippen LogP contribution in [0.3, 0.4) is 0 Å². The van der Waals surface area contributed by atoms with Gasteiger partial charge < -0.3 is 52.1 Å². The van der Waals surface area contributed by atoms with E-state index in [-0.39, 0.29) is 33.5 Å². The lowest BCUT2D eigenvalue weighted by atomic mass is 9.84. The molecule has 0 aromatic heterocycles. The van der Waals surface area contributed by atoms with E-state index >= 15 is 0 Å². The first kappa shape index (κ1) is 53.6. The molecule has 11 rings (SSSR count). The highest BCUT2D eigenvalue weighted by molar-refractivity contribution is 5.72. The van der Waals surface area contributed by atoms with E-state index in [1.165, 1.54) is 33.4 Å². The van der Waals surface area contributed by atoms with Gasteiger partial charge in [0.15, 0.2) is 0 Å². The zero-order valence-corrected chi connectivity index (χ0v) is 43.9. The van der Waals surface area contributed by atoms with Gasteiger partial charge in [-0.1, -0.05) is 100 Å². The molecule has 0 N–H and O–H groups in total. The van der Waals surface area contributed by atoms with Gasteiger partial charge in [0.05, 0.1) is 143 Å². The third-order valence-electron chi connectivity index (χ3n) is 17.1. The Morgan fingerprint density at radius 1 is 0.444 bits per heavy atom. The number of hydrogen-bond donors (Lipinski definition) is 0. The van der Waals surface area contributed by atoms with Crippen LogP contribution in [0.4, 0.5) is 0 Å². The second-order valence-corrected chi connectivity index (χ2v) is 22.8. The Hall–Kier alpha value is -3.27. The molecule has 6 atom stereocenters. The summed E-state index contributed by atoms with van der Waals surface area (Å²) in [6.45, 7) is 21.9. The molecule has 6 unspecified atom stereocenters. The summed E-state index contributed by atoms with van der Waals surface area (Å²) in [5.74, 6) is 0.608. The molecule has 0 bridgehead atoms. The Kier molecular flexibility index (Phi) is 18.6. The number of rotatable bonds is 24. The first-order chi connectivity index (χ1) is 35.1. The molecule has 6 aliphatic heterocycles. The van der Waals surface area contributed by atoms with Crippen molar-refractivity contribution in [2.45, 2.75) is 143 Å². The normalized spacial score (nSPS) is 27.2. The van der Waals surface area contributed by atoms with Crippen molar-refractivity contribution in [2.24, 2.45) is 33.5 Å². The highest BCUT2D eigenvalue weighted by Gasteiger charge is 2.47. The fourth-order valence-electron chi connectivity index (χ4n) is 10.6. The number of ether oxygens (including phenoxy) is 11. The number of fused-ring (bicyclic) bond motifs is 2. The van der Waals surface area contributed by atoms with Crippen molar-refractivity contribution < 1.29 is 56.9 Å². The van der Waals surface area contributed by atoms with Gasteiger partial charge in [-0.25, -0.2) is 0 Å². The summed E-state index contributed by atoms with van der Waals surface area (Å²) in [6, 6.07) is 25.9. The van der Waals surface area contributed by atoms with E-state index in [1.807, 2.05) is 0 Å². The van der Waals surface area contributed by atoms with E-state index in [2.05, 4.69) is 100 Å². The lowest BCUT2D eigenvalue weighted by Crippen LogP contribution is -2.45. The van der Waals surface area contributed by atoms with Crippen molar-refractivity contribution in [1.29, 1.82) is 0 Å². The van der Waals surface area contributed by atoms with Crippen LogP contribution in [-0.4, -0.2) is 116 Å². The largest absolute Gasteiger partial charge is 0.465 e. The minimum atomic E-state index is 0.00258. The van der Waals surface area contributed by atoms with Crippen LogP contribution >= 0.6 is 0 Å². The van der Waals surface area contributed by atoms with Crippen LogP contribution < -0.4 is 0 Å². The molecule has 8 aliphatic rings. The van der Waals surface area contributed by atoms with E-state index in [9.17, 15) is 4.79 Å². The number of esters is 1. The van der Waals surface area contributed by atoms with Crippen LogP contribution in [0.2, 0.25) is 0 Å². The molecule has 72 heavy (non-hydrogen) atoms. The summed E-state index contributed by atoms with van der Waals surface area (Å²) in [6.07, 6.45) is 12.5. The van der Waals surface area contributed by atoms with Crippen LogP contribution in [0.5, 0.6) is 0 Å². The molecule has 3 aromatic rings. The van der Waals surface area contributed by atoms with Gasteiger partial charge in [0.2, 0.25) is 0 Å². The van der Waals surface area contributed by atoms with Crippen LogP contribution in [0, 0.1) is 33.5 Å². The van der Waals surface area contributed by atoms with Crippen molar-refractivity contribution in [3.63, 3.8) is 0 Å². The van der Waals surface area contributed by atoms with E-state index in [4.69, 9.17) is 52.1 Å². The molecule has 0 radical (unpaired) electrons. The molecule has 8 fully saturated rings. The molecule has 0 amide bonds. The Labute approximate surface area is 429 Å². The molecular formula is C60H84O12. The van der Waals surface area contributed by atoms with Crippen molar-refractivity contribution in [3.8, 4) is 11.1 Å². The fourth-order valence-corrected chi connectivity index (χ4v) is 10.6. The van der Waals surface area contributed by atoms with Crippen molar-refractivity contribution >= 4 is 5.97 Å². The van der Waals surface area contributed by atoms with Gasteiger partial charge in [0.1, 0.15) is 0 Å². The molecule has 2 aliphatic carbocycles. The summed E-state index contributed by atoms with van der Waals surface area (Å²) in [4.78, 5) is 12.0. The molecule has 12 heteroatoms. The van der Waals surface area contributed by atoms with E-state index < -0.39 is 0 Å². The van der Waals surface area contributed by atoms with Gasteiger partial charge in [0.25, 0.3) is 0 Å². The summed E-state index contributed by atoms with van der Waals surface area (Å²) >= 11 is 0. The van der Waals surface area contributed by atoms with E-state index in [1.54, 1.807) is 0 Å². The summed E-state index contributed by atoms with van der Waals surface area (Å²) in [5.41, 5.74) is 8.29. The SMILES string of the molecule is CCC1(COCc2ccc(-c3ccc(COCC4(CC)COC4)cc3)cc2)COC1.CCC1(COCc2ccc(COCC3(CC)COC3)cc2)COC1.O=C(OCC1CCC2OC2C1)C1CCC2OC2C1. The Morgan fingerprint density at radius 3 is 1.08 bits per heavy atom. The standard InChI is InChI=1S/C26H34O4.C20H30O4.C14H20O4/c1-3-25(17-29-18-25)15-27-13-21-5-9-23(10-6-21)24-11-7-22(8-12-24)14-28-16-26(4-2)19-30-20-26;1-3-19(13-23-14-19)11-21-9-17-5-7-18(8-6-17)10-22-12-20(4-2)15-24-16-20;15-14(9-2-4-11-13(6-9)18-11)16-7-8-1-3-10-12(5-8)17-10/h5-12H,3-4,13-20H2,1-2H3;5-8H,3-4,9-16H2,1-2H3;8-13H,1-7H2. The first-order valence-electron chi connectivity index (χ1n) is 27.5. The van der Waals surface area contributed by atoms with Crippen LogP contribution in [-0.2, 0) is 83.3 Å². The lowest BCUT2D eigenvalue weighted by Gasteiger charge is -2.40. The average Bonchev–Trinajstić information content (AvgIpc) is 4.31. The second-order valence-electron chi connectivity index (χ2n) is 22.8. The molecule has 12 nitrogen and oxygen atoms in total. The molecule has 3 aromatic carbocycles. The van der Waals surface area contributed by atoms with E-state index in [0.29, 0.717) is 63.4 Å². The van der Waals surface area contributed by atoms with Gasteiger partial charge in [-0.15, -0.1) is 0 Å². The van der Waals surface area contributed by atoms with E-state index in [0.717, 1.165) is 143 Å². The minimum absolute atomic E-state index is 0.00258. The van der Waals surface area contributed by atoms with Crippen LogP contribution in [0.1, 0.15) is 114 Å². The van der Waals surface area contributed by atoms with Gasteiger partial charge in [0, 0.05) is 21.7 Å². The third kappa shape index (κ3) is 14.4. The zero-order valence-electron chi connectivity index (χ0n) is 43.9. The Balaban J connectivity index is 0.000000137.